The zero-order valence-electron chi connectivity index (χ0n) is 11.8. The fraction of sp³-hybridized carbons (Fsp3) is 0.571. The molecule has 0 heterocycles. The summed E-state index contributed by atoms with van der Waals surface area (Å²) in [6.07, 6.45) is 0. The van der Waals surface area contributed by atoms with E-state index in [-0.39, 0.29) is 5.41 Å². The molecule has 0 amide bonds. The van der Waals surface area contributed by atoms with Crippen molar-refractivity contribution in [3.05, 3.63) is 35.4 Å². The fourth-order valence-electron chi connectivity index (χ4n) is 1.75. The quantitative estimate of drug-likeness (QED) is 0.913. The molecule has 1 rings (SSSR count). The van der Waals surface area contributed by atoms with E-state index < -0.39 is 15.3 Å². The Bertz CT molecular complexity index is 499. The molecule has 0 aliphatic rings. The van der Waals surface area contributed by atoms with Crippen molar-refractivity contribution in [3.63, 3.8) is 0 Å². The van der Waals surface area contributed by atoms with Crippen molar-refractivity contribution in [2.24, 2.45) is 0 Å². The van der Waals surface area contributed by atoms with Gasteiger partial charge in [0.1, 0.15) is 0 Å². The first-order chi connectivity index (χ1) is 8.14. The van der Waals surface area contributed by atoms with E-state index in [1.165, 1.54) is 5.56 Å². The van der Waals surface area contributed by atoms with E-state index in [9.17, 15) is 8.42 Å². The second-order valence-corrected chi connectivity index (χ2v) is 8.14. The van der Waals surface area contributed by atoms with Crippen LogP contribution >= 0.6 is 0 Å². The highest BCUT2D eigenvalue weighted by molar-refractivity contribution is 7.90. The van der Waals surface area contributed by atoms with Crippen LogP contribution in [0, 0.1) is 0 Å². The van der Waals surface area contributed by atoms with Crippen molar-refractivity contribution >= 4 is 10.0 Å². The van der Waals surface area contributed by atoms with Gasteiger partial charge in [0.2, 0.25) is 10.0 Å². The molecule has 0 atom stereocenters. The molecule has 0 saturated heterocycles. The molecule has 0 radical (unpaired) electrons. The third-order valence-corrected chi connectivity index (χ3v) is 4.70. The van der Waals surface area contributed by atoms with Crippen molar-refractivity contribution in [2.75, 3.05) is 0 Å². The van der Waals surface area contributed by atoms with Crippen molar-refractivity contribution < 1.29 is 8.42 Å². The van der Waals surface area contributed by atoms with E-state index in [4.69, 9.17) is 0 Å². The largest absolute Gasteiger partial charge is 0.214 e. The minimum atomic E-state index is -3.21. The van der Waals surface area contributed by atoms with Crippen molar-refractivity contribution in [1.82, 2.24) is 4.72 Å². The summed E-state index contributed by atoms with van der Waals surface area (Å²) in [6, 6.07) is 7.96. The Morgan fingerprint density at radius 1 is 1.17 bits per heavy atom. The number of benzene rings is 1. The van der Waals surface area contributed by atoms with Crippen LogP contribution in [0.5, 0.6) is 0 Å². The Morgan fingerprint density at radius 2 is 1.72 bits per heavy atom. The monoisotopic (exact) mass is 269 g/mol. The van der Waals surface area contributed by atoms with Gasteiger partial charge in [-0.2, -0.15) is 0 Å². The van der Waals surface area contributed by atoms with Gasteiger partial charge in [-0.05, 0) is 30.4 Å². The van der Waals surface area contributed by atoms with Gasteiger partial charge in [-0.3, -0.25) is 0 Å². The molecule has 0 aromatic heterocycles. The summed E-state index contributed by atoms with van der Waals surface area (Å²) < 4.78 is 26.2. The van der Waals surface area contributed by atoms with Crippen LogP contribution in [0.1, 0.15) is 45.7 Å². The molecule has 1 aromatic carbocycles. The molecular weight excluding hydrogens is 246 g/mol. The highest BCUT2D eigenvalue weighted by Crippen LogP contribution is 2.25. The third-order valence-electron chi connectivity index (χ3n) is 2.91. The predicted molar refractivity (Wildman–Crippen MR) is 76.0 cm³/mol. The van der Waals surface area contributed by atoms with E-state index >= 15 is 0 Å². The normalized spacial score (nSPS) is 13.0. The molecule has 0 saturated carbocycles. The Kier molecular flexibility index (Phi) is 4.56. The number of sulfonamides is 1. The number of hydrogen-bond donors (Lipinski definition) is 1. The van der Waals surface area contributed by atoms with Gasteiger partial charge in [0.05, 0.1) is 5.25 Å². The van der Waals surface area contributed by atoms with Crippen LogP contribution in [0.15, 0.2) is 24.3 Å². The lowest BCUT2D eigenvalue weighted by Crippen LogP contribution is -2.31. The Labute approximate surface area is 111 Å². The summed E-state index contributed by atoms with van der Waals surface area (Å²) >= 11 is 0. The second-order valence-electron chi connectivity index (χ2n) is 5.82. The van der Waals surface area contributed by atoms with Gasteiger partial charge in [-0.15, -0.1) is 0 Å². The Hall–Kier alpha value is -0.870. The van der Waals surface area contributed by atoms with Gasteiger partial charge < -0.3 is 0 Å². The lowest BCUT2D eigenvalue weighted by Gasteiger charge is -2.23. The van der Waals surface area contributed by atoms with Crippen LogP contribution in [-0.2, 0) is 22.0 Å². The first-order valence-corrected chi connectivity index (χ1v) is 7.76. The Morgan fingerprint density at radius 3 is 2.22 bits per heavy atom. The van der Waals surface area contributed by atoms with E-state index in [1.54, 1.807) is 13.8 Å². The van der Waals surface area contributed by atoms with Crippen LogP contribution in [0.4, 0.5) is 0 Å². The van der Waals surface area contributed by atoms with Crippen LogP contribution < -0.4 is 4.72 Å². The van der Waals surface area contributed by atoms with Crippen LogP contribution in [0.3, 0.4) is 0 Å². The van der Waals surface area contributed by atoms with Gasteiger partial charge in [0.15, 0.2) is 0 Å². The van der Waals surface area contributed by atoms with E-state index in [2.05, 4.69) is 31.6 Å². The molecule has 0 bridgehead atoms. The molecule has 1 aromatic rings. The van der Waals surface area contributed by atoms with Gasteiger partial charge in [-0.25, -0.2) is 13.1 Å². The lowest BCUT2D eigenvalue weighted by molar-refractivity contribution is 0.564. The van der Waals surface area contributed by atoms with Crippen molar-refractivity contribution in [3.8, 4) is 0 Å². The fourth-order valence-corrected chi connectivity index (χ4v) is 2.44. The summed E-state index contributed by atoms with van der Waals surface area (Å²) in [5, 5.41) is -0.403. The maximum atomic E-state index is 11.8. The zero-order chi connectivity index (χ0) is 14.0. The van der Waals surface area contributed by atoms with Crippen LogP contribution in [0.2, 0.25) is 0 Å². The van der Waals surface area contributed by atoms with Crippen molar-refractivity contribution in [2.45, 2.75) is 51.8 Å². The van der Waals surface area contributed by atoms with Gasteiger partial charge in [0, 0.05) is 6.54 Å². The molecule has 102 valence electrons. The number of rotatable bonds is 4. The number of hydrogen-bond acceptors (Lipinski definition) is 2. The Balaban J connectivity index is 2.94. The smallest absolute Gasteiger partial charge is 0.212 e. The molecule has 4 heteroatoms. The van der Waals surface area contributed by atoms with Crippen LogP contribution in [0.25, 0.3) is 0 Å². The van der Waals surface area contributed by atoms with E-state index in [0.29, 0.717) is 6.54 Å². The molecule has 18 heavy (non-hydrogen) atoms. The summed E-state index contributed by atoms with van der Waals surface area (Å²) in [7, 11) is -3.21. The molecule has 0 aliphatic carbocycles. The maximum Gasteiger partial charge on any atom is 0.214 e. The summed E-state index contributed by atoms with van der Waals surface area (Å²) in [4.78, 5) is 0. The second kappa shape index (κ2) is 5.41. The molecule has 0 aliphatic heterocycles. The van der Waals surface area contributed by atoms with Crippen LogP contribution in [-0.4, -0.2) is 13.7 Å². The lowest BCUT2D eigenvalue weighted by atomic mass is 9.84. The molecule has 0 spiro atoms. The molecule has 3 nitrogen and oxygen atoms in total. The minimum absolute atomic E-state index is 0.0138. The van der Waals surface area contributed by atoms with E-state index in [1.807, 2.05) is 18.2 Å². The first kappa shape index (κ1) is 15.2. The number of nitrogens with one attached hydrogen (secondary N) is 1. The maximum absolute atomic E-state index is 11.8. The summed E-state index contributed by atoms with van der Waals surface area (Å²) in [6.45, 7) is 10.1. The average molecular weight is 269 g/mol. The minimum Gasteiger partial charge on any atom is -0.212 e. The van der Waals surface area contributed by atoms with Gasteiger partial charge in [0.25, 0.3) is 0 Å². The van der Waals surface area contributed by atoms with E-state index in [0.717, 1.165) is 5.56 Å². The standard InChI is InChI=1S/C14H23NO2S/c1-11(2)18(16,17)15-10-12-8-6-7-9-13(12)14(3,4)5/h6-9,11,15H,10H2,1-5H3. The molecule has 0 fully saturated rings. The van der Waals surface area contributed by atoms with Crippen molar-refractivity contribution in [1.29, 1.82) is 0 Å². The summed E-state index contributed by atoms with van der Waals surface area (Å²) in [5.74, 6) is 0. The van der Waals surface area contributed by atoms with Gasteiger partial charge in [-0.1, -0.05) is 45.0 Å². The third kappa shape index (κ3) is 3.82. The van der Waals surface area contributed by atoms with Gasteiger partial charge >= 0.3 is 0 Å². The highest BCUT2D eigenvalue weighted by Gasteiger charge is 2.19. The topological polar surface area (TPSA) is 46.2 Å². The average Bonchev–Trinajstić information content (AvgIpc) is 2.25. The first-order valence-electron chi connectivity index (χ1n) is 6.21. The highest BCUT2D eigenvalue weighted by atomic mass is 32.2. The summed E-state index contributed by atoms with van der Waals surface area (Å²) in [5.41, 5.74) is 2.23. The molecule has 1 N–H and O–H groups in total. The molecule has 0 unspecified atom stereocenters. The SMILES string of the molecule is CC(C)S(=O)(=O)NCc1ccccc1C(C)(C)C. The molecular formula is C14H23NO2S. The predicted octanol–water partition coefficient (Wildman–Crippen LogP) is 2.81. The zero-order valence-corrected chi connectivity index (χ0v) is 12.6.